The minimum Gasteiger partial charge on any atom is -0.339 e. The Labute approximate surface area is 129 Å². The number of hydrogen-bond acceptors (Lipinski definition) is 5. The van der Waals surface area contributed by atoms with Crippen molar-refractivity contribution in [3.05, 3.63) is 23.4 Å². The lowest BCUT2D eigenvalue weighted by Crippen LogP contribution is -2.61. The monoisotopic (exact) mass is 304 g/mol. The number of nitrogens with zero attached hydrogens (tertiary/aromatic N) is 4. The van der Waals surface area contributed by atoms with E-state index in [-0.39, 0.29) is 23.8 Å². The van der Waals surface area contributed by atoms with Crippen LogP contribution in [0, 0.1) is 6.92 Å². The maximum absolute atomic E-state index is 12.2. The number of allylic oxidation sites excluding steroid dienone is 1. The Bertz CT molecular complexity index is 626. The summed E-state index contributed by atoms with van der Waals surface area (Å²) in [6.45, 7) is 7.36. The first kappa shape index (κ1) is 14.7. The number of amides is 2. The lowest BCUT2D eigenvalue weighted by molar-refractivity contribution is -0.141. The molecule has 1 aromatic heterocycles. The molecule has 3 heterocycles. The van der Waals surface area contributed by atoms with Gasteiger partial charge in [-0.3, -0.25) is 9.59 Å². The van der Waals surface area contributed by atoms with Gasteiger partial charge in [0.2, 0.25) is 17.7 Å². The first-order valence-electron chi connectivity index (χ1n) is 7.47. The van der Waals surface area contributed by atoms with Gasteiger partial charge in [-0.15, -0.1) is 0 Å². The Morgan fingerprint density at radius 1 is 1.32 bits per heavy atom. The molecule has 2 saturated heterocycles. The summed E-state index contributed by atoms with van der Waals surface area (Å²) in [7, 11) is 0. The van der Waals surface area contributed by atoms with Crippen LogP contribution in [-0.2, 0) is 9.59 Å². The van der Waals surface area contributed by atoms with E-state index in [1.165, 1.54) is 0 Å². The van der Waals surface area contributed by atoms with Crippen LogP contribution in [0.3, 0.4) is 0 Å². The molecule has 7 heteroatoms. The predicted octanol–water partition coefficient (Wildman–Crippen LogP) is 0.871. The molecule has 0 bridgehead atoms. The quantitative estimate of drug-likeness (QED) is 0.774. The molecule has 0 aliphatic carbocycles. The van der Waals surface area contributed by atoms with Gasteiger partial charge in [-0.2, -0.15) is 4.98 Å². The van der Waals surface area contributed by atoms with E-state index in [0.29, 0.717) is 37.8 Å². The molecule has 0 radical (unpaired) electrons. The lowest BCUT2D eigenvalue weighted by Gasteiger charge is -2.43. The van der Waals surface area contributed by atoms with Crippen molar-refractivity contribution in [3.8, 4) is 0 Å². The second kappa shape index (κ2) is 5.55. The highest BCUT2D eigenvalue weighted by Gasteiger charge is 2.42. The highest BCUT2D eigenvalue weighted by Crippen LogP contribution is 2.30. The van der Waals surface area contributed by atoms with Crippen molar-refractivity contribution in [2.45, 2.75) is 39.2 Å². The topological polar surface area (TPSA) is 79.5 Å². The molecule has 0 aromatic carbocycles. The van der Waals surface area contributed by atoms with E-state index in [9.17, 15) is 9.59 Å². The summed E-state index contributed by atoms with van der Waals surface area (Å²) < 4.78 is 5.17. The fraction of sp³-hybridized carbons (Fsp3) is 0.600. The molecule has 0 N–H and O–H groups in total. The van der Waals surface area contributed by atoms with Crippen molar-refractivity contribution in [3.63, 3.8) is 0 Å². The van der Waals surface area contributed by atoms with Gasteiger partial charge in [-0.05, 0) is 20.8 Å². The average molecular weight is 304 g/mol. The summed E-state index contributed by atoms with van der Waals surface area (Å²) in [6.07, 6.45) is 2.03. The number of rotatable bonds is 3. The summed E-state index contributed by atoms with van der Waals surface area (Å²) in [6, 6.07) is 0.107. The molecule has 1 atom stereocenters. The molecular weight excluding hydrogens is 284 g/mol. The van der Waals surface area contributed by atoms with E-state index >= 15 is 0 Å². The van der Waals surface area contributed by atoms with E-state index in [4.69, 9.17) is 4.52 Å². The molecule has 2 fully saturated rings. The number of aryl methyl sites for hydroxylation is 1. The zero-order valence-electron chi connectivity index (χ0n) is 13.1. The zero-order chi connectivity index (χ0) is 15.9. The van der Waals surface area contributed by atoms with Gasteiger partial charge in [0, 0.05) is 32.1 Å². The lowest BCUT2D eigenvalue weighted by atomic mass is 10.1. The molecule has 2 amide bonds. The van der Waals surface area contributed by atoms with E-state index < -0.39 is 0 Å². The smallest absolute Gasteiger partial charge is 0.246 e. The summed E-state index contributed by atoms with van der Waals surface area (Å²) in [4.78, 5) is 31.9. The Morgan fingerprint density at radius 3 is 2.64 bits per heavy atom. The van der Waals surface area contributed by atoms with Crippen LogP contribution in [0.5, 0.6) is 0 Å². The van der Waals surface area contributed by atoms with Crippen LogP contribution in [0.25, 0.3) is 0 Å². The van der Waals surface area contributed by atoms with Gasteiger partial charge in [0.05, 0.1) is 12.0 Å². The van der Waals surface area contributed by atoms with Crippen molar-refractivity contribution in [2.75, 3.05) is 19.6 Å². The van der Waals surface area contributed by atoms with Crippen molar-refractivity contribution >= 4 is 11.8 Å². The molecule has 118 valence electrons. The van der Waals surface area contributed by atoms with Gasteiger partial charge in [0.25, 0.3) is 0 Å². The molecule has 2 aliphatic heterocycles. The van der Waals surface area contributed by atoms with Crippen molar-refractivity contribution < 1.29 is 14.1 Å². The fourth-order valence-electron chi connectivity index (χ4n) is 2.90. The Balaban J connectivity index is 1.58. The molecule has 7 nitrogen and oxygen atoms in total. The highest BCUT2D eigenvalue weighted by molar-refractivity contribution is 5.89. The molecule has 22 heavy (non-hydrogen) atoms. The van der Waals surface area contributed by atoms with E-state index in [1.807, 2.05) is 18.7 Å². The largest absolute Gasteiger partial charge is 0.339 e. The minimum atomic E-state index is -0.0313. The van der Waals surface area contributed by atoms with Crippen molar-refractivity contribution in [2.24, 2.45) is 0 Å². The Kier molecular flexibility index (Phi) is 3.72. The Morgan fingerprint density at radius 2 is 2.05 bits per heavy atom. The number of likely N-dealkylation sites (tertiary alicyclic amines) is 2. The molecule has 1 unspecified atom stereocenters. The van der Waals surface area contributed by atoms with Gasteiger partial charge < -0.3 is 14.3 Å². The second-order valence-corrected chi connectivity index (χ2v) is 6.25. The zero-order valence-corrected chi connectivity index (χ0v) is 13.1. The maximum atomic E-state index is 12.2. The SMILES string of the molecule is CC(C)=CC(=O)N1CC(N2CC(c3nc(C)no3)CC2=O)C1. The van der Waals surface area contributed by atoms with Crippen LogP contribution in [-0.4, -0.2) is 57.4 Å². The summed E-state index contributed by atoms with van der Waals surface area (Å²) in [5, 5.41) is 3.78. The molecule has 2 aliphatic rings. The third-order valence-electron chi connectivity index (χ3n) is 4.08. The predicted molar refractivity (Wildman–Crippen MR) is 77.9 cm³/mol. The van der Waals surface area contributed by atoms with Gasteiger partial charge >= 0.3 is 0 Å². The molecule has 0 saturated carbocycles. The van der Waals surface area contributed by atoms with Gasteiger partial charge in [0.15, 0.2) is 5.82 Å². The number of aromatic nitrogens is 2. The van der Waals surface area contributed by atoms with E-state index in [1.54, 1.807) is 17.9 Å². The number of hydrogen-bond donors (Lipinski definition) is 0. The highest BCUT2D eigenvalue weighted by atomic mass is 16.5. The first-order valence-corrected chi connectivity index (χ1v) is 7.47. The first-order chi connectivity index (χ1) is 10.4. The van der Waals surface area contributed by atoms with E-state index in [0.717, 1.165) is 5.57 Å². The van der Waals surface area contributed by atoms with Crippen LogP contribution < -0.4 is 0 Å². The van der Waals surface area contributed by atoms with Gasteiger partial charge in [-0.25, -0.2) is 0 Å². The van der Waals surface area contributed by atoms with Crippen molar-refractivity contribution in [1.82, 2.24) is 19.9 Å². The summed E-state index contributed by atoms with van der Waals surface area (Å²) >= 11 is 0. The van der Waals surface area contributed by atoms with Gasteiger partial charge in [-0.1, -0.05) is 10.7 Å². The summed E-state index contributed by atoms with van der Waals surface area (Å²) in [5.74, 6) is 1.21. The molecule has 3 rings (SSSR count). The summed E-state index contributed by atoms with van der Waals surface area (Å²) in [5.41, 5.74) is 0.984. The standard InChI is InChI=1S/C15H20N4O3/c1-9(2)4-13(20)18-7-12(8-18)19-6-11(5-14(19)21)15-16-10(3)17-22-15/h4,11-12H,5-8H2,1-3H3. The van der Waals surface area contributed by atoms with Crippen molar-refractivity contribution in [1.29, 1.82) is 0 Å². The normalized spacial score (nSPS) is 22.0. The number of carbonyl (C=O) groups excluding carboxylic acids is 2. The molecular formula is C15H20N4O3. The van der Waals surface area contributed by atoms with Crippen LogP contribution in [0.15, 0.2) is 16.2 Å². The second-order valence-electron chi connectivity index (χ2n) is 6.25. The minimum absolute atomic E-state index is 0.0203. The van der Waals surface area contributed by atoms with Crippen LogP contribution in [0.1, 0.15) is 37.9 Å². The third-order valence-corrected chi connectivity index (χ3v) is 4.08. The maximum Gasteiger partial charge on any atom is 0.246 e. The van der Waals surface area contributed by atoms with Crippen LogP contribution >= 0.6 is 0 Å². The molecule has 1 aromatic rings. The fourth-order valence-corrected chi connectivity index (χ4v) is 2.90. The van der Waals surface area contributed by atoms with Crippen LogP contribution in [0.4, 0.5) is 0 Å². The van der Waals surface area contributed by atoms with E-state index in [2.05, 4.69) is 10.1 Å². The number of carbonyl (C=O) groups is 2. The molecule has 0 spiro atoms. The third kappa shape index (κ3) is 2.75. The van der Waals surface area contributed by atoms with Gasteiger partial charge in [0.1, 0.15) is 0 Å². The van der Waals surface area contributed by atoms with Crippen LogP contribution in [0.2, 0.25) is 0 Å². The average Bonchev–Trinajstić information content (AvgIpc) is 2.94. The Hall–Kier alpha value is -2.18.